The summed E-state index contributed by atoms with van der Waals surface area (Å²) in [6.45, 7) is 4.21. The molecule has 1 aromatic rings. The lowest BCUT2D eigenvalue weighted by atomic mass is 10.00. The summed E-state index contributed by atoms with van der Waals surface area (Å²) in [6.07, 6.45) is 5.48. The van der Waals surface area contributed by atoms with Crippen molar-refractivity contribution in [2.24, 2.45) is 5.73 Å². The largest absolute Gasteiger partial charge is 0.496 e. The first-order chi connectivity index (χ1) is 9.12. The quantitative estimate of drug-likeness (QED) is 0.733. The summed E-state index contributed by atoms with van der Waals surface area (Å²) in [5, 5.41) is 0. The molecule has 3 heteroatoms. The lowest BCUT2D eigenvalue weighted by molar-refractivity contribution is 0.393. The second kappa shape index (κ2) is 8.05. The second-order valence-electron chi connectivity index (χ2n) is 5.11. The maximum atomic E-state index is 5.88. The highest BCUT2D eigenvalue weighted by molar-refractivity contribution is 5.47. The van der Waals surface area contributed by atoms with Crippen molar-refractivity contribution in [2.45, 2.75) is 52.0 Å². The van der Waals surface area contributed by atoms with Crippen LogP contribution in [0.3, 0.4) is 0 Å². The molecule has 0 fully saturated rings. The monoisotopic (exact) mass is 265 g/mol. The second-order valence-corrected chi connectivity index (χ2v) is 5.11. The van der Waals surface area contributed by atoms with Crippen molar-refractivity contribution in [3.63, 3.8) is 0 Å². The van der Waals surface area contributed by atoms with E-state index in [1.807, 2.05) is 6.92 Å². The van der Waals surface area contributed by atoms with Gasteiger partial charge in [-0.15, -0.1) is 0 Å². The summed E-state index contributed by atoms with van der Waals surface area (Å²) in [7, 11) is 3.43. The number of methoxy groups -OCH3 is 2. The van der Waals surface area contributed by atoms with Crippen molar-refractivity contribution in [1.82, 2.24) is 0 Å². The van der Waals surface area contributed by atoms with E-state index in [0.29, 0.717) is 0 Å². The molecule has 0 radical (unpaired) electrons. The van der Waals surface area contributed by atoms with Crippen molar-refractivity contribution in [3.05, 3.63) is 23.3 Å². The Morgan fingerprint density at radius 2 is 1.63 bits per heavy atom. The Bertz CT molecular complexity index is 389. The summed E-state index contributed by atoms with van der Waals surface area (Å²) in [4.78, 5) is 0. The molecule has 3 nitrogen and oxygen atoms in total. The fourth-order valence-electron chi connectivity index (χ4n) is 2.29. The molecular formula is C16H27NO2. The van der Waals surface area contributed by atoms with Gasteiger partial charge in [0, 0.05) is 6.04 Å². The van der Waals surface area contributed by atoms with E-state index in [2.05, 4.69) is 19.1 Å². The molecule has 108 valence electrons. The van der Waals surface area contributed by atoms with Gasteiger partial charge in [-0.3, -0.25) is 0 Å². The normalized spacial score (nSPS) is 12.3. The van der Waals surface area contributed by atoms with Crippen molar-refractivity contribution >= 4 is 0 Å². The Labute approximate surface area is 117 Å². The van der Waals surface area contributed by atoms with E-state index in [1.165, 1.54) is 24.8 Å². The van der Waals surface area contributed by atoms with E-state index < -0.39 is 0 Å². The van der Waals surface area contributed by atoms with E-state index in [1.54, 1.807) is 14.2 Å². The Balaban J connectivity index is 2.97. The Morgan fingerprint density at radius 3 is 2.16 bits per heavy atom. The molecule has 0 aromatic heterocycles. The van der Waals surface area contributed by atoms with Crippen LogP contribution in [0.2, 0.25) is 0 Å². The first-order valence-corrected chi connectivity index (χ1v) is 7.11. The summed E-state index contributed by atoms with van der Waals surface area (Å²) < 4.78 is 11.0. The molecule has 0 heterocycles. The Hall–Kier alpha value is -1.22. The van der Waals surface area contributed by atoms with Crippen LogP contribution in [0, 0.1) is 0 Å². The zero-order valence-corrected chi connectivity index (χ0v) is 12.7. The van der Waals surface area contributed by atoms with Gasteiger partial charge in [-0.25, -0.2) is 0 Å². The minimum atomic E-state index is 0.115. The highest BCUT2D eigenvalue weighted by atomic mass is 16.5. The molecule has 0 saturated carbocycles. The van der Waals surface area contributed by atoms with Crippen molar-refractivity contribution < 1.29 is 9.47 Å². The summed E-state index contributed by atoms with van der Waals surface area (Å²) in [6, 6.07) is 4.29. The first-order valence-electron chi connectivity index (χ1n) is 7.11. The Kier molecular flexibility index (Phi) is 6.71. The van der Waals surface area contributed by atoms with Crippen molar-refractivity contribution in [1.29, 1.82) is 0 Å². The molecule has 1 aromatic carbocycles. The van der Waals surface area contributed by atoms with Gasteiger partial charge in [-0.1, -0.05) is 19.8 Å². The maximum absolute atomic E-state index is 5.88. The minimum Gasteiger partial charge on any atom is -0.496 e. The number of hydrogen-bond acceptors (Lipinski definition) is 3. The van der Waals surface area contributed by atoms with Crippen LogP contribution < -0.4 is 15.2 Å². The van der Waals surface area contributed by atoms with E-state index in [4.69, 9.17) is 15.2 Å². The predicted molar refractivity (Wildman–Crippen MR) is 80.1 cm³/mol. The zero-order valence-electron chi connectivity index (χ0n) is 12.7. The molecular weight excluding hydrogens is 238 g/mol. The van der Waals surface area contributed by atoms with Crippen LogP contribution in [0.1, 0.15) is 44.2 Å². The molecule has 19 heavy (non-hydrogen) atoms. The van der Waals surface area contributed by atoms with Crippen LogP contribution in [-0.4, -0.2) is 20.3 Å². The molecule has 0 aliphatic heterocycles. The van der Waals surface area contributed by atoms with Gasteiger partial charge in [0.2, 0.25) is 0 Å². The minimum absolute atomic E-state index is 0.115. The number of benzene rings is 1. The van der Waals surface area contributed by atoms with Crippen LogP contribution in [0.15, 0.2) is 12.1 Å². The van der Waals surface area contributed by atoms with Gasteiger partial charge in [-0.05, 0) is 49.4 Å². The molecule has 1 atom stereocenters. The first kappa shape index (κ1) is 15.8. The van der Waals surface area contributed by atoms with Crippen LogP contribution in [0.25, 0.3) is 0 Å². The molecule has 0 bridgehead atoms. The van der Waals surface area contributed by atoms with Crippen molar-refractivity contribution in [3.8, 4) is 11.5 Å². The van der Waals surface area contributed by atoms with Crippen LogP contribution in [0.4, 0.5) is 0 Å². The van der Waals surface area contributed by atoms with Gasteiger partial charge < -0.3 is 15.2 Å². The summed E-state index contributed by atoms with van der Waals surface area (Å²) in [5.74, 6) is 1.87. The van der Waals surface area contributed by atoms with Crippen molar-refractivity contribution in [2.75, 3.05) is 14.2 Å². The SMILES string of the molecule is CCCCCc1cc(OC)c(C[C@H](C)N)cc1OC. The highest BCUT2D eigenvalue weighted by Crippen LogP contribution is 2.30. The number of rotatable bonds is 8. The van der Waals surface area contributed by atoms with E-state index in [9.17, 15) is 0 Å². The van der Waals surface area contributed by atoms with Gasteiger partial charge in [0.25, 0.3) is 0 Å². The molecule has 0 aliphatic carbocycles. The summed E-state index contributed by atoms with van der Waals surface area (Å²) in [5.41, 5.74) is 8.22. The molecule has 0 spiro atoms. The van der Waals surface area contributed by atoms with Crippen LogP contribution >= 0.6 is 0 Å². The van der Waals surface area contributed by atoms with Crippen LogP contribution in [-0.2, 0) is 12.8 Å². The average molecular weight is 265 g/mol. The molecule has 0 amide bonds. The average Bonchev–Trinajstić information content (AvgIpc) is 2.39. The topological polar surface area (TPSA) is 44.5 Å². The van der Waals surface area contributed by atoms with Gasteiger partial charge in [-0.2, -0.15) is 0 Å². The van der Waals surface area contributed by atoms with Gasteiger partial charge in [0.15, 0.2) is 0 Å². The lowest BCUT2D eigenvalue weighted by Gasteiger charge is -2.16. The Morgan fingerprint density at radius 1 is 1.05 bits per heavy atom. The van der Waals surface area contributed by atoms with E-state index in [0.717, 1.165) is 29.9 Å². The van der Waals surface area contributed by atoms with E-state index in [-0.39, 0.29) is 6.04 Å². The lowest BCUT2D eigenvalue weighted by Crippen LogP contribution is -2.18. The zero-order chi connectivity index (χ0) is 14.3. The molecule has 2 N–H and O–H groups in total. The third kappa shape index (κ3) is 4.75. The maximum Gasteiger partial charge on any atom is 0.122 e. The van der Waals surface area contributed by atoms with Gasteiger partial charge in [0.1, 0.15) is 11.5 Å². The third-order valence-corrected chi connectivity index (χ3v) is 3.28. The number of unbranched alkanes of at least 4 members (excludes halogenated alkanes) is 2. The van der Waals surface area contributed by atoms with E-state index >= 15 is 0 Å². The number of ether oxygens (including phenoxy) is 2. The number of nitrogens with two attached hydrogens (primary N) is 1. The standard InChI is InChI=1S/C16H27NO2/c1-5-6-7-8-13-10-16(19-4)14(9-12(2)17)11-15(13)18-3/h10-12H,5-9,17H2,1-4H3/t12-/m0/s1. The van der Waals surface area contributed by atoms with Gasteiger partial charge in [0.05, 0.1) is 14.2 Å². The summed E-state index contributed by atoms with van der Waals surface area (Å²) >= 11 is 0. The fourth-order valence-corrected chi connectivity index (χ4v) is 2.29. The molecule has 0 aliphatic rings. The predicted octanol–water partition coefficient (Wildman–Crippen LogP) is 3.33. The third-order valence-electron chi connectivity index (χ3n) is 3.28. The molecule has 1 rings (SSSR count). The number of aryl methyl sites for hydroxylation is 1. The molecule has 0 saturated heterocycles. The highest BCUT2D eigenvalue weighted by Gasteiger charge is 2.12. The van der Waals surface area contributed by atoms with Crippen LogP contribution in [0.5, 0.6) is 11.5 Å². The fraction of sp³-hybridized carbons (Fsp3) is 0.625. The van der Waals surface area contributed by atoms with Gasteiger partial charge >= 0.3 is 0 Å². The number of hydrogen-bond donors (Lipinski definition) is 1. The molecule has 0 unspecified atom stereocenters. The smallest absolute Gasteiger partial charge is 0.122 e.